The lowest BCUT2D eigenvalue weighted by atomic mass is 10.1. The van der Waals surface area contributed by atoms with Gasteiger partial charge in [0, 0.05) is 39.2 Å². The maximum atomic E-state index is 12.5. The first-order valence-corrected chi connectivity index (χ1v) is 7.99. The van der Waals surface area contributed by atoms with Crippen LogP contribution in [0.3, 0.4) is 0 Å². The van der Waals surface area contributed by atoms with Crippen LogP contribution in [0.2, 0.25) is 0 Å². The molecule has 8 heteroatoms. The van der Waals surface area contributed by atoms with Gasteiger partial charge in [-0.1, -0.05) is 0 Å². The van der Waals surface area contributed by atoms with Crippen molar-refractivity contribution >= 4 is 17.1 Å². The van der Waals surface area contributed by atoms with Crippen LogP contribution in [0.15, 0.2) is 17.3 Å². The summed E-state index contributed by atoms with van der Waals surface area (Å²) in [6, 6.07) is 0. The van der Waals surface area contributed by atoms with Gasteiger partial charge in [-0.3, -0.25) is 9.36 Å². The Morgan fingerprint density at radius 1 is 1.08 bits per heavy atom. The van der Waals surface area contributed by atoms with Crippen molar-refractivity contribution in [1.82, 2.24) is 29.1 Å². The SMILES string of the molecule is Cc1nc2c(c(=O)n1C)CCN(c1ncc3c(ncn3C)n1)CC2. The number of anilines is 1. The van der Waals surface area contributed by atoms with Crippen molar-refractivity contribution in [3.63, 3.8) is 0 Å². The monoisotopic (exact) mass is 325 g/mol. The van der Waals surface area contributed by atoms with Gasteiger partial charge in [-0.15, -0.1) is 0 Å². The molecule has 0 aromatic carbocycles. The summed E-state index contributed by atoms with van der Waals surface area (Å²) < 4.78 is 3.51. The summed E-state index contributed by atoms with van der Waals surface area (Å²) in [5.74, 6) is 1.40. The topological polar surface area (TPSA) is 81.7 Å². The van der Waals surface area contributed by atoms with Gasteiger partial charge >= 0.3 is 0 Å². The normalized spacial score (nSPS) is 14.7. The first-order valence-electron chi connectivity index (χ1n) is 7.99. The van der Waals surface area contributed by atoms with Crippen molar-refractivity contribution in [3.8, 4) is 0 Å². The standard InChI is InChI=1S/C16H19N7O/c1-10-19-12-5-7-23(6-4-11(12)15(24)22(10)3)16-17-8-13-14(20-16)18-9-21(13)2/h8-9H,4-7H2,1-3H3. The van der Waals surface area contributed by atoms with Crippen LogP contribution >= 0.6 is 0 Å². The molecular formula is C16H19N7O. The predicted octanol–water partition coefficient (Wildman–Crippen LogP) is 0.371. The van der Waals surface area contributed by atoms with Gasteiger partial charge in [0.05, 0.1) is 18.2 Å². The van der Waals surface area contributed by atoms with Gasteiger partial charge in [0.2, 0.25) is 5.95 Å². The molecule has 8 nitrogen and oxygen atoms in total. The maximum absolute atomic E-state index is 12.5. The number of hydrogen-bond donors (Lipinski definition) is 0. The Balaban J connectivity index is 1.67. The molecule has 1 aliphatic heterocycles. The molecule has 3 aromatic rings. The number of hydrogen-bond acceptors (Lipinski definition) is 6. The van der Waals surface area contributed by atoms with Crippen LogP contribution in [0.1, 0.15) is 17.1 Å². The van der Waals surface area contributed by atoms with Crippen molar-refractivity contribution in [2.24, 2.45) is 14.1 Å². The van der Waals surface area contributed by atoms with Crippen LogP contribution in [0.4, 0.5) is 5.95 Å². The second-order valence-electron chi connectivity index (χ2n) is 6.17. The first-order chi connectivity index (χ1) is 11.5. The highest BCUT2D eigenvalue weighted by molar-refractivity contribution is 5.70. The summed E-state index contributed by atoms with van der Waals surface area (Å²) in [5.41, 5.74) is 3.36. The summed E-state index contributed by atoms with van der Waals surface area (Å²) in [4.78, 5) is 32.5. The summed E-state index contributed by atoms with van der Waals surface area (Å²) in [6.45, 7) is 3.30. The van der Waals surface area contributed by atoms with Gasteiger partial charge in [-0.05, 0) is 13.3 Å². The van der Waals surface area contributed by atoms with E-state index in [9.17, 15) is 4.79 Å². The van der Waals surface area contributed by atoms with Crippen molar-refractivity contribution in [1.29, 1.82) is 0 Å². The average Bonchev–Trinajstić information content (AvgIpc) is 2.81. The van der Waals surface area contributed by atoms with E-state index in [0.29, 0.717) is 24.6 Å². The number of rotatable bonds is 1. The van der Waals surface area contributed by atoms with Crippen LogP contribution in [0.5, 0.6) is 0 Å². The zero-order chi connectivity index (χ0) is 16.8. The van der Waals surface area contributed by atoms with Crippen LogP contribution < -0.4 is 10.5 Å². The number of aromatic nitrogens is 6. The van der Waals surface area contributed by atoms with Gasteiger partial charge < -0.3 is 9.47 Å². The average molecular weight is 325 g/mol. The molecule has 0 unspecified atom stereocenters. The van der Waals surface area contributed by atoms with Gasteiger partial charge in [-0.25, -0.2) is 15.0 Å². The molecule has 3 aromatic heterocycles. The van der Waals surface area contributed by atoms with Crippen molar-refractivity contribution in [2.75, 3.05) is 18.0 Å². The molecule has 0 amide bonds. The molecule has 0 N–H and O–H groups in total. The lowest BCUT2D eigenvalue weighted by Crippen LogP contribution is -2.29. The molecule has 0 spiro atoms. The molecule has 124 valence electrons. The Hall–Kier alpha value is -2.77. The van der Waals surface area contributed by atoms with Crippen molar-refractivity contribution < 1.29 is 0 Å². The minimum atomic E-state index is 0.0560. The van der Waals surface area contributed by atoms with Crippen LogP contribution in [-0.4, -0.2) is 42.2 Å². The zero-order valence-corrected chi connectivity index (χ0v) is 14.0. The maximum Gasteiger partial charge on any atom is 0.256 e. The smallest absolute Gasteiger partial charge is 0.256 e. The third kappa shape index (κ3) is 2.26. The fourth-order valence-electron chi connectivity index (χ4n) is 3.13. The molecule has 0 radical (unpaired) electrons. The van der Waals surface area contributed by atoms with Crippen LogP contribution in [0.25, 0.3) is 11.2 Å². The highest BCUT2D eigenvalue weighted by Crippen LogP contribution is 2.17. The lowest BCUT2D eigenvalue weighted by Gasteiger charge is -2.19. The molecule has 1 aliphatic rings. The number of nitrogens with zero attached hydrogens (tertiary/aromatic N) is 7. The summed E-state index contributed by atoms with van der Waals surface area (Å²) in [6.07, 6.45) is 4.90. The zero-order valence-electron chi connectivity index (χ0n) is 14.0. The largest absolute Gasteiger partial charge is 0.340 e. The molecule has 0 bridgehead atoms. The van der Waals surface area contributed by atoms with E-state index in [0.717, 1.165) is 35.6 Å². The van der Waals surface area contributed by atoms with E-state index in [4.69, 9.17) is 0 Å². The summed E-state index contributed by atoms with van der Waals surface area (Å²) in [5, 5.41) is 0. The van der Waals surface area contributed by atoms with Gasteiger partial charge in [-0.2, -0.15) is 4.98 Å². The quantitative estimate of drug-likeness (QED) is 0.643. The lowest BCUT2D eigenvalue weighted by molar-refractivity contribution is 0.736. The van der Waals surface area contributed by atoms with E-state index >= 15 is 0 Å². The Morgan fingerprint density at radius 2 is 1.88 bits per heavy atom. The number of fused-ring (bicyclic) bond motifs is 2. The molecule has 0 aliphatic carbocycles. The third-order valence-corrected chi connectivity index (χ3v) is 4.70. The molecule has 4 heterocycles. The molecular weight excluding hydrogens is 306 g/mol. The molecule has 0 fully saturated rings. The molecule has 0 atom stereocenters. The van der Waals surface area contributed by atoms with Crippen LogP contribution in [-0.2, 0) is 26.9 Å². The van der Waals surface area contributed by atoms with E-state index in [-0.39, 0.29) is 5.56 Å². The Morgan fingerprint density at radius 3 is 2.71 bits per heavy atom. The minimum Gasteiger partial charge on any atom is -0.340 e. The van der Waals surface area contributed by atoms with E-state index < -0.39 is 0 Å². The van der Waals surface area contributed by atoms with Crippen molar-refractivity contribution in [2.45, 2.75) is 19.8 Å². The Labute approximate surface area is 138 Å². The van der Waals surface area contributed by atoms with E-state index in [2.05, 4.69) is 24.8 Å². The molecule has 4 rings (SSSR count). The fourth-order valence-corrected chi connectivity index (χ4v) is 3.13. The minimum absolute atomic E-state index is 0.0560. The Kier molecular flexibility index (Phi) is 3.33. The number of imidazole rings is 1. The number of aryl methyl sites for hydroxylation is 2. The van der Waals surface area contributed by atoms with E-state index in [1.807, 2.05) is 18.5 Å². The van der Waals surface area contributed by atoms with E-state index in [1.165, 1.54) is 0 Å². The van der Waals surface area contributed by atoms with E-state index in [1.54, 1.807) is 24.1 Å². The second-order valence-corrected chi connectivity index (χ2v) is 6.17. The highest BCUT2D eigenvalue weighted by atomic mass is 16.1. The van der Waals surface area contributed by atoms with Gasteiger partial charge in [0.1, 0.15) is 11.3 Å². The van der Waals surface area contributed by atoms with Crippen LogP contribution in [0, 0.1) is 6.92 Å². The third-order valence-electron chi connectivity index (χ3n) is 4.70. The predicted molar refractivity (Wildman–Crippen MR) is 90.1 cm³/mol. The van der Waals surface area contributed by atoms with Gasteiger partial charge in [0.25, 0.3) is 5.56 Å². The molecule has 0 saturated carbocycles. The highest BCUT2D eigenvalue weighted by Gasteiger charge is 2.21. The second kappa shape index (κ2) is 5.40. The summed E-state index contributed by atoms with van der Waals surface area (Å²) in [7, 11) is 3.69. The fraction of sp³-hybridized carbons (Fsp3) is 0.438. The first kappa shape index (κ1) is 14.8. The van der Waals surface area contributed by atoms with Gasteiger partial charge in [0.15, 0.2) is 5.65 Å². The molecule has 0 saturated heterocycles. The van der Waals surface area contributed by atoms with Crippen molar-refractivity contribution in [3.05, 3.63) is 40.0 Å². The Bertz CT molecular complexity index is 988. The molecule has 24 heavy (non-hydrogen) atoms. The summed E-state index contributed by atoms with van der Waals surface area (Å²) >= 11 is 0.